The standard InChI is InChI=1S/C5H13N.C2H7N.C2H6O.H2O.2H2/c1-5(2,3)4-6;2*1-2-3;;;/h4,6H2,1-3H3;2-3H2,1H3;3H,2H2,1H3;1H2;2*1H. The van der Waals surface area contributed by atoms with Gasteiger partial charge in [0.1, 0.15) is 0 Å². The van der Waals surface area contributed by atoms with Crippen LogP contribution in [0, 0.1) is 5.41 Å². The average Bonchev–Trinajstić information content (AvgIpc) is 1.90. The van der Waals surface area contributed by atoms with Crippen LogP contribution in [0.25, 0.3) is 0 Å². The molecule has 0 saturated heterocycles. The van der Waals surface area contributed by atoms with Crippen molar-refractivity contribution in [2.75, 3.05) is 19.7 Å². The molecule has 7 N–H and O–H groups in total. The maximum Gasteiger partial charge on any atom is 0.0402 e. The molecular weight excluding hydrogens is 168 g/mol. The average molecular weight is 200 g/mol. The van der Waals surface area contributed by atoms with Crippen LogP contribution in [0.3, 0.4) is 0 Å². The summed E-state index contributed by atoms with van der Waals surface area (Å²) < 4.78 is 0. The van der Waals surface area contributed by atoms with E-state index in [9.17, 15) is 0 Å². The molecule has 0 bridgehead atoms. The Morgan fingerprint density at radius 2 is 1.23 bits per heavy atom. The van der Waals surface area contributed by atoms with E-state index in [4.69, 9.17) is 16.6 Å². The Hall–Kier alpha value is -0.160. The Balaban J connectivity index is -0.0000000200. The first-order valence-corrected chi connectivity index (χ1v) is 4.40. The summed E-state index contributed by atoms with van der Waals surface area (Å²) in [6, 6.07) is 0. The van der Waals surface area contributed by atoms with Gasteiger partial charge >= 0.3 is 0 Å². The van der Waals surface area contributed by atoms with Gasteiger partial charge in [-0.1, -0.05) is 27.7 Å². The highest BCUT2D eigenvalue weighted by molar-refractivity contribution is 4.59. The van der Waals surface area contributed by atoms with Gasteiger partial charge in [0, 0.05) is 9.46 Å². The fraction of sp³-hybridized carbons (Fsp3) is 1.00. The lowest BCUT2D eigenvalue weighted by Crippen LogP contribution is -2.18. The molecule has 0 radical (unpaired) electrons. The van der Waals surface area contributed by atoms with Crippen molar-refractivity contribution in [2.45, 2.75) is 34.6 Å². The number of hydrogen-bond donors (Lipinski definition) is 3. The summed E-state index contributed by atoms with van der Waals surface area (Å²) in [5, 5.41) is 7.57. The Morgan fingerprint density at radius 3 is 1.23 bits per heavy atom. The summed E-state index contributed by atoms with van der Waals surface area (Å²) in [6.45, 7) is 11.7. The molecule has 90 valence electrons. The fourth-order valence-corrected chi connectivity index (χ4v) is 0. The smallest absolute Gasteiger partial charge is 0.0402 e. The summed E-state index contributed by atoms with van der Waals surface area (Å²) in [6.07, 6.45) is 0. The van der Waals surface area contributed by atoms with Gasteiger partial charge in [0.05, 0.1) is 0 Å². The molecular formula is C9H32N2O2. The molecule has 0 rings (SSSR count). The molecule has 0 aromatic rings. The monoisotopic (exact) mass is 200 g/mol. The Labute approximate surface area is 85.6 Å². The van der Waals surface area contributed by atoms with Gasteiger partial charge in [-0.3, -0.25) is 0 Å². The Kier molecular flexibility index (Phi) is 31.5. The van der Waals surface area contributed by atoms with Crippen molar-refractivity contribution in [3.8, 4) is 0 Å². The van der Waals surface area contributed by atoms with Gasteiger partial charge in [-0.05, 0) is 25.4 Å². The third-order valence-corrected chi connectivity index (χ3v) is 0.612. The first kappa shape index (κ1) is 23.0. The van der Waals surface area contributed by atoms with Crippen LogP contribution in [-0.4, -0.2) is 30.3 Å². The molecule has 13 heavy (non-hydrogen) atoms. The van der Waals surface area contributed by atoms with E-state index in [-0.39, 0.29) is 14.9 Å². The van der Waals surface area contributed by atoms with Gasteiger partial charge in [0.25, 0.3) is 0 Å². The molecule has 4 heteroatoms. The number of hydrogen-bond acceptors (Lipinski definition) is 3. The van der Waals surface area contributed by atoms with Crippen LogP contribution in [0.15, 0.2) is 0 Å². The molecule has 0 aliphatic carbocycles. The predicted molar refractivity (Wildman–Crippen MR) is 63.8 cm³/mol. The van der Waals surface area contributed by atoms with E-state index in [1.807, 2.05) is 6.92 Å². The largest absolute Gasteiger partial charge is 0.412 e. The molecule has 0 aliphatic heterocycles. The zero-order chi connectivity index (χ0) is 10.6. The maximum absolute atomic E-state index is 7.57. The summed E-state index contributed by atoms with van der Waals surface area (Å²) in [5.41, 5.74) is 10.5. The van der Waals surface area contributed by atoms with Crippen molar-refractivity contribution in [3.05, 3.63) is 0 Å². The summed E-state index contributed by atoms with van der Waals surface area (Å²) in [4.78, 5) is 0. The highest BCUT2D eigenvalue weighted by atomic mass is 16.2. The van der Waals surface area contributed by atoms with Gasteiger partial charge in [-0.2, -0.15) is 0 Å². The minimum Gasteiger partial charge on any atom is -0.412 e. The van der Waals surface area contributed by atoms with E-state index < -0.39 is 0 Å². The molecule has 0 amide bonds. The molecule has 0 spiro atoms. The second-order valence-electron chi connectivity index (χ2n) is 3.49. The number of rotatable bonds is 0. The predicted octanol–water partition coefficient (Wildman–Crippen LogP) is 0.622. The topological polar surface area (TPSA) is 104 Å². The van der Waals surface area contributed by atoms with Crippen molar-refractivity contribution in [2.24, 2.45) is 16.9 Å². The molecule has 0 heterocycles. The first-order valence-electron chi connectivity index (χ1n) is 4.40. The van der Waals surface area contributed by atoms with E-state index in [0.717, 1.165) is 13.1 Å². The van der Waals surface area contributed by atoms with Crippen molar-refractivity contribution < 1.29 is 13.4 Å². The fourth-order valence-electron chi connectivity index (χ4n) is 0. The van der Waals surface area contributed by atoms with Crippen LogP contribution in [0.2, 0.25) is 0 Å². The minimum atomic E-state index is 0. The summed E-state index contributed by atoms with van der Waals surface area (Å²) in [7, 11) is 0. The van der Waals surface area contributed by atoms with Crippen LogP contribution >= 0.6 is 0 Å². The SMILES string of the molecule is CC(C)(C)CN.CCN.CCO.O.[HH].[HH]. The van der Waals surface area contributed by atoms with Crippen molar-refractivity contribution in [3.63, 3.8) is 0 Å². The minimum absolute atomic E-state index is 0. The number of nitrogens with two attached hydrogens (primary N) is 2. The van der Waals surface area contributed by atoms with Gasteiger partial charge in [0.15, 0.2) is 0 Å². The second kappa shape index (κ2) is 17.8. The maximum atomic E-state index is 7.57. The number of aliphatic hydroxyl groups excluding tert-OH is 1. The van der Waals surface area contributed by atoms with Crippen molar-refractivity contribution >= 4 is 0 Å². The van der Waals surface area contributed by atoms with Crippen LogP contribution in [0.4, 0.5) is 0 Å². The lowest BCUT2D eigenvalue weighted by Gasteiger charge is -2.12. The molecule has 0 saturated carbocycles. The molecule has 0 fully saturated rings. The van der Waals surface area contributed by atoms with Gasteiger partial charge in [0.2, 0.25) is 0 Å². The first-order chi connectivity index (χ1) is 5.39. The van der Waals surface area contributed by atoms with Crippen LogP contribution in [-0.2, 0) is 0 Å². The van der Waals surface area contributed by atoms with Gasteiger partial charge < -0.3 is 22.1 Å². The lowest BCUT2D eigenvalue weighted by atomic mass is 9.98. The molecule has 4 nitrogen and oxygen atoms in total. The van der Waals surface area contributed by atoms with Crippen LogP contribution < -0.4 is 11.5 Å². The third-order valence-electron chi connectivity index (χ3n) is 0.612. The zero-order valence-electron chi connectivity index (χ0n) is 9.72. The summed E-state index contributed by atoms with van der Waals surface area (Å²) in [5.74, 6) is 0. The van der Waals surface area contributed by atoms with Gasteiger partial charge in [-0.15, -0.1) is 0 Å². The van der Waals surface area contributed by atoms with Crippen molar-refractivity contribution in [1.29, 1.82) is 0 Å². The Bertz CT molecular complexity index is 69.6. The molecule has 0 aromatic heterocycles. The van der Waals surface area contributed by atoms with Crippen LogP contribution in [0.1, 0.15) is 37.5 Å². The quantitative estimate of drug-likeness (QED) is 0.534. The van der Waals surface area contributed by atoms with E-state index in [2.05, 4.69) is 20.8 Å². The van der Waals surface area contributed by atoms with Gasteiger partial charge in [-0.25, -0.2) is 0 Å². The highest BCUT2D eigenvalue weighted by Gasteiger charge is 2.03. The van der Waals surface area contributed by atoms with E-state index in [1.165, 1.54) is 0 Å². The zero-order valence-corrected chi connectivity index (χ0v) is 9.72. The Morgan fingerprint density at radius 1 is 1.15 bits per heavy atom. The van der Waals surface area contributed by atoms with Crippen molar-refractivity contribution in [1.82, 2.24) is 0 Å². The summed E-state index contributed by atoms with van der Waals surface area (Å²) >= 11 is 0. The second-order valence-corrected chi connectivity index (χ2v) is 3.49. The molecule has 0 unspecified atom stereocenters. The highest BCUT2D eigenvalue weighted by Crippen LogP contribution is 2.07. The third kappa shape index (κ3) is 142. The molecule has 0 atom stereocenters. The molecule has 0 aliphatic rings. The van der Waals surface area contributed by atoms with E-state index in [1.54, 1.807) is 6.92 Å². The van der Waals surface area contributed by atoms with Crippen LogP contribution in [0.5, 0.6) is 0 Å². The van der Waals surface area contributed by atoms with E-state index in [0.29, 0.717) is 5.41 Å². The lowest BCUT2D eigenvalue weighted by molar-refractivity contribution is 0.318. The normalized spacial score (nSPS) is 8.31. The van der Waals surface area contributed by atoms with E-state index >= 15 is 0 Å². The number of aliphatic hydroxyl groups is 1. The molecule has 0 aromatic carbocycles.